The van der Waals surface area contributed by atoms with Crippen molar-refractivity contribution in [2.75, 3.05) is 7.11 Å². The van der Waals surface area contributed by atoms with Crippen LogP contribution in [0, 0.1) is 0 Å². The summed E-state index contributed by atoms with van der Waals surface area (Å²) >= 11 is 3.46. The van der Waals surface area contributed by atoms with Crippen LogP contribution in [-0.2, 0) is 6.54 Å². The zero-order valence-corrected chi connectivity index (χ0v) is 13.2. The minimum absolute atomic E-state index is 0.732. The molecule has 0 saturated carbocycles. The van der Waals surface area contributed by atoms with Gasteiger partial charge in [-0.05, 0) is 18.2 Å². The molecule has 0 aliphatic heterocycles. The van der Waals surface area contributed by atoms with Gasteiger partial charge in [0.15, 0.2) is 0 Å². The predicted octanol–water partition coefficient (Wildman–Crippen LogP) is 4.37. The molecule has 0 N–H and O–H groups in total. The first-order valence-electron chi connectivity index (χ1n) is 6.67. The number of halogens is 1. The Labute approximate surface area is 132 Å². The fourth-order valence-corrected chi connectivity index (χ4v) is 2.58. The average molecular weight is 343 g/mol. The van der Waals surface area contributed by atoms with Crippen LogP contribution in [0.5, 0.6) is 5.75 Å². The number of ether oxygens (including phenoxy) is 1. The largest absolute Gasteiger partial charge is 0.496 e. The van der Waals surface area contributed by atoms with Gasteiger partial charge in [0.2, 0.25) is 0 Å². The van der Waals surface area contributed by atoms with E-state index in [1.165, 1.54) is 0 Å². The number of hydrogen-bond acceptors (Lipinski definition) is 2. The number of aromatic nitrogens is 2. The molecule has 0 bridgehead atoms. The SMILES string of the molecule is COc1ccccc1Cn1ccnc1-c1ccc(Br)cc1. The molecule has 0 radical (unpaired) electrons. The third-order valence-electron chi connectivity index (χ3n) is 3.35. The van der Waals surface area contributed by atoms with Crippen molar-refractivity contribution in [1.29, 1.82) is 0 Å². The van der Waals surface area contributed by atoms with E-state index in [0.29, 0.717) is 0 Å². The highest BCUT2D eigenvalue weighted by atomic mass is 79.9. The molecule has 21 heavy (non-hydrogen) atoms. The lowest BCUT2D eigenvalue weighted by Gasteiger charge is -2.11. The molecule has 0 atom stereocenters. The third-order valence-corrected chi connectivity index (χ3v) is 3.88. The normalized spacial score (nSPS) is 10.6. The number of rotatable bonds is 4. The molecule has 0 aliphatic carbocycles. The summed E-state index contributed by atoms with van der Waals surface area (Å²) in [5, 5.41) is 0. The number of nitrogens with zero attached hydrogens (tertiary/aromatic N) is 2. The zero-order chi connectivity index (χ0) is 14.7. The molecule has 3 aromatic rings. The summed E-state index contributed by atoms with van der Waals surface area (Å²) < 4.78 is 8.61. The van der Waals surface area contributed by atoms with Crippen LogP contribution in [0.3, 0.4) is 0 Å². The van der Waals surface area contributed by atoms with E-state index in [-0.39, 0.29) is 0 Å². The van der Waals surface area contributed by atoms with Gasteiger partial charge in [-0.25, -0.2) is 4.98 Å². The second-order valence-electron chi connectivity index (χ2n) is 4.70. The van der Waals surface area contributed by atoms with Gasteiger partial charge in [-0.15, -0.1) is 0 Å². The molecule has 106 valence electrons. The molecule has 4 heteroatoms. The standard InChI is InChI=1S/C17H15BrN2O/c1-21-16-5-3-2-4-14(16)12-20-11-10-19-17(20)13-6-8-15(18)9-7-13/h2-11H,12H2,1H3. The molecule has 3 rings (SSSR count). The van der Waals surface area contributed by atoms with Crippen LogP contribution < -0.4 is 4.74 Å². The van der Waals surface area contributed by atoms with Crippen LogP contribution in [0.25, 0.3) is 11.4 Å². The quantitative estimate of drug-likeness (QED) is 0.703. The summed E-state index contributed by atoms with van der Waals surface area (Å²) in [7, 11) is 1.70. The molecular weight excluding hydrogens is 328 g/mol. The van der Waals surface area contributed by atoms with E-state index >= 15 is 0 Å². The summed E-state index contributed by atoms with van der Waals surface area (Å²) in [5.74, 6) is 1.85. The lowest BCUT2D eigenvalue weighted by molar-refractivity contribution is 0.408. The lowest BCUT2D eigenvalue weighted by Crippen LogP contribution is -2.02. The summed E-state index contributed by atoms with van der Waals surface area (Å²) in [5.41, 5.74) is 2.23. The van der Waals surface area contributed by atoms with Crippen LogP contribution in [0.1, 0.15) is 5.56 Å². The molecule has 0 unspecified atom stereocenters. The van der Waals surface area contributed by atoms with Crippen molar-refractivity contribution < 1.29 is 4.74 Å². The minimum atomic E-state index is 0.732. The Morgan fingerprint density at radius 2 is 1.86 bits per heavy atom. The summed E-state index contributed by atoms with van der Waals surface area (Å²) in [4.78, 5) is 4.47. The van der Waals surface area contributed by atoms with Gasteiger partial charge in [-0.1, -0.05) is 46.3 Å². The Kier molecular flexibility index (Phi) is 4.06. The maximum absolute atomic E-state index is 5.42. The van der Waals surface area contributed by atoms with E-state index in [2.05, 4.69) is 43.7 Å². The van der Waals surface area contributed by atoms with Crippen molar-refractivity contribution in [2.24, 2.45) is 0 Å². The van der Waals surface area contributed by atoms with Crippen molar-refractivity contribution in [2.45, 2.75) is 6.54 Å². The van der Waals surface area contributed by atoms with Crippen LogP contribution >= 0.6 is 15.9 Å². The molecular formula is C17H15BrN2O. The number of para-hydroxylation sites is 1. The van der Waals surface area contributed by atoms with E-state index in [0.717, 1.165) is 33.7 Å². The van der Waals surface area contributed by atoms with Crippen molar-refractivity contribution in [3.8, 4) is 17.1 Å². The fourth-order valence-electron chi connectivity index (χ4n) is 2.31. The maximum atomic E-state index is 5.42. The molecule has 3 nitrogen and oxygen atoms in total. The van der Waals surface area contributed by atoms with E-state index in [1.54, 1.807) is 7.11 Å². The van der Waals surface area contributed by atoms with E-state index in [1.807, 2.05) is 42.7 Å². The lowest BCUT2D eigenvalue weighted by atomic mass is 10.2. The Hall–Kier alpha value is -2.07. The van der Waals surface area contributed by atoms with Crippen LogP contribution in [0.15, 0.2) is 65.4 Å². The second kappa shape index (κ2) is 6.14. The first-order chi connectivity index (χ1) is 10.3. The van der Waals surface area contributed by atoms with E-state index < -0.39 is 0 Å². The van der Waals surface area contributed by atoms with Gasteiger partial charge in [0.05, 0.1) is 13.7 Å². The topological polar surface area (TPSA) is 27.1 Å². The molecule has 0 fully saturated rings. The van der Waals surface area contributed by atoms with Crippen molar-refractivity contribution in [3.05, 3.63) is 71.0 Å². The molecule has 2 aromatic carbocycles. The van der Waals surface area contributed by atoms with Crippen LogP contribution in [0.4, 0.5) is 0 Å². The zero-order valence-electron chi connectivity index (χ0n) is 11.7. The van der Waals surface area contributed by atoms with Crippen LogP contribution in [0.2, 0.25) is 0 Å². The maximum Gasteiger partial charge on any atom is 0.140 e. The molecule has 1 aromatic heterocycles. The van der Waals surface area contributed by atoms with Crippen molar-refractivity contribution >= 4 is 15.9 Å². The number of imidazole rings is 1. The van der Waals surface area contributed by atoms with Gasteiger partial charge in [-0.2, -0.15) is 0 Å². The highest BCUT2D eigenvalue weighted by Gasteiger charge is 2.08. The first kappa shape index (κ1) is 13.9. The third kappa shape index (κ3) is 3.00. The van der Waals surface area contributed by atoms with Gasteiger partial charge >= 0.3 is 0 Å². The van der Waals surface area contributed by atoms with Gasteiger partial charge < -0.3 is 9.30 Å². The van der Waals surface area contributed by atoms with Gasteiger partial charge in [0.25, 0.3) is 0 Å². The fraction of sp³-hybridized carbons (Fsp3) is 0.118. The number of benzene rings is 2. The highest BCUT2D eigenvalue weighted by Crippen LogP contribution is 2.23. The smallest absolute Gasteiger partial charge is 0.140 e. The molecule has 0 saturated heterocycles. The Bertz CT molecular complexity index is 735. The van der Waals surface area contributed by atoms with E-state index in [4.69, 9.17) is 4.74 Å². The molecule has 0 amide bonds. The van der Waals surface area contributed by atoms with Crippen molar-refractivity contribution in [3.63, 3.8) is 0 Å². The average Bonchev–Trinajstić information content (AvgIpc) is 2.97. The molecule has 1 heterocycles. The highest BCUT2D eigenvalue weighted by molar-refractivity contribution is 9.10. The van der Waals surface area contributed by atoms with Crippen molar-refractivity contribution in [1.82, 2.24) is 9.55 Å². The Balaban J connectivity index is 1.94. The predicted molar refractivity (Wildman–Crippen MR) is 87.5 cm³/mol. The van der Waals surface area contributed by atoms with Gasteiger partial charge in [0, 0.05) is 28.0 Å². The minimum Gasteiger partial charge on any atom is -0.496 e. The Morgan fingerprint density at radius 1 is 1.10 bits per heavy atom. The summed E-state index contributed by atoms with van der Waals surface area (Å²) in [6.07, 6.45) is 3.82. The Morgan fingerprint density at radius 3 is 2.62 bits per heavy atom. The first-order valence-corrected chi connectivity index (χ1v) is 7.46. The van der Waals surface area contributed by atoms with Crippen LogP contribution in [-0.4, -0.2) is 16.7 Å². The molecule has 0 spiro atoms. The summed E-state index contributed by atoms with van der Waals surface area (Å²) in [6.45, 7) is 0.732. The van der Waals surface area contributed by atoms with E-state index in [9.17, 15) is 0 Å². The van der Waals surface area contributed by atoms with Gasteiger partial charge in [0.1, 0.15) is 11.6 Å². The van der Waals surface area contributed by atoms with Gasteiger partial charge in [-0.3, -0.25) is 0 Å². The number of methoxy groups -OCH3 is 1. The molecule has 0 aliphatic rings. The summed E-state index contributed by atoms with van der Waals surface area (Å²) in [6, 6.07) is 16.2. The second-order valence-corrected chi connectivity index (χ2v) is 5.61. The number of hydrogen-bond donors (Lipinski definition) is 0. The monoisotopic (exact) mass is 342 g/mol.